The van der Waals surface area contributed by atoms with E-state index in [0.29, 0.717) is 30.2 Å². The van der Waals surface area contributed by atoms with Crippen molar-refractivity contribution in [2.75, 3.05) is 30.0 Å². The molecular formula is C22H23N3O4. The van der Waals surface area contributed by atoms with Crippen molar-refractivity contribution in [3.05, 3.63) is 47.5 Å². The van der Waals surface area contributed by atoms with Gasteiger partial charge in [-0.2, -0.15) is 0 Å². The first kappa shape index (κ1) is 17.8. The van der Waals surface area contributed by atoms with Crippen molar-refractivity contribution >= 4 is 23.2 Å². The Balaban J connectivity index is 1.33. The van der Waals surface area contributed by atoms with Crippen molar-refractivity contribution in [1.29, 1.82) is 0 Å². The average Bonchev–Trinajstić information content (AvgIpc) is 3.24. The van der Waals surface area contributed by atoms with Crippen LogP contribution in [0.2, 0.25) is 0 Å². The second kappa shape index (κ2) is 6.99. The van der Waals surface area contributed by atoms with Crippen LogP contribution >= 0.6 is 0 Å². The molecule has 0 aromatic heterocycles. The van der Waals surface area contributed by atoms with Crippen LogP contribution < -0.4 is 25.0 Å². The van der Waals surface area contributed by atoms with Gasteiger partial charge in [0.25, 0.3) is 5.91 Å². The Hall–Kier alpha value is -3.22. The van der Waals surface area contributed by atoms with Gasteiger partial charge in [0.2, 0.25) is 5.91 Å². The van der Waals surface area contributed by atoms with Crippen molar-refractivity contribution in [2.24, 2.45) is 0 Å². The standard InChI is InChI=1S/C22H23N3O4/c1-13(14-5-7-19-20(12-14)29-10-9-28-19)23-21(26)15-4-6-17-16(11-15)24-22(27)18-3-2-8-25(17)18/h4-7,11-13,18H,2-3,8-10H2,1H3,(H,23,26)(H,24,27). The molecule has 0 aliphatic carbocycles. The zero-order valence-corrected chi connectivity index (χ0v) is 16.2. The normalized spacial score (nSPS) is 20.4. The summed E-state index contributed by atoms with van der Waals surface area (Å²) in [5.41, 5.74) is 3.15. The van der Waals surface area contributed by atoms with Crippen molar-refractivity contribution in [1.82, 2.24) is 5.32 Å². The minimum atomic E-state index is -0.202. The molecular weight excluding hydrogens is 370 g/mol. The maximum Gasteiger partial charge on any atom is 0.251 e. The van der Waals surface area contributed by atoms with Crippen LogP contribution in [0.1, 0.15) is 41.7 Å². The van der Waals surface area contributed by atoms with Gasteiger partial charge < -0.3 is 25.0 Å². The smallest absolute Gasteiger partial charge is 0.251 e. The van der Waals surface area contributed by atoms with E-state index >= 15 is 0 Å². The fourth-order valence-corrected chi connectivity index (χ4v) is 4.26. The van der Waals surface area contributed by atoms with E-state index < -0.39 is 0 Å². The number of ether oxygens (including phenoxy) is 2. The maximum absolute atomic E-state index is 12.8. The summed E-state index contributed by atoms with van der Waals surface area (Å²) in [6.45, 7) is 3.87. The SMILES string of the molecule is CC(NC(=O)c1ccc2c(c1)NC(=O)C1CCCN21)c1ccc2c(c1)OCCO2. The molecule has 2 amide bonds. The third-order valence-electron chi connectivity index (χ3n) is 5.80. The van der Waals surface area contributed by atoms with E-state index in [-0.39, 0.29) is 23.9 Å². The van der Waals surface area contributed by atoms with Crippen molar-refractivity contribution < 1.29 is 19.1 Å². The van der Waals surface area contributed by atoms with E-state index in [1.807, 2.05) is 37.3 Å². The Morgan fingerprint density at radius 2 is 2.00 bits per heavy atom. The van der Waals surface area contributed by atoms with Gasteiger partial charge in [0.1, 0.15) is 19.3 Å². The summed E-state index contributed by atoms with van der Waals surface area (Å²) in [6, 6.07) is 10.9. The third-order valence-corrected chi connectivity index (χ3v) is 5.80. The van der Waals surface area contributed by atoms with E-state index in [1.54, 1.807) is 6.07 Å². The first-order valence-corrected chi connectivity index (χ1v) is 10.0. The number of anilines is 2. The Labute approximate surface area is 169 Å². The molecule has 3 aliphatic rings. The lowest BCUT2D eigenvalue weighted by Crippen LogP contribution is -2.44. The van der Waals surface area contributed by atoms with E-state index in [4.69, 9.17) is 9.47 Å². The van der Waals surface area contributed by atoms with Crippen LogP contribution in [0.25, 0.3) is 0 Å². The monoisotopic (exact) mass is 393 g/mol. The van der Waals surface area contributed by atoms with E-state index in [1.165, 1.54) is 0 Å². The summed E-state index contributed by atoms with van der Waals surface area (Å²) in [4.78, 5) is 27.3. The number of nitrogens with zero attached hydrogens (tertiary/aromatic N) is 1. The van der Waals surface area contributed by atoms with Crippen LogP contribution in [0.3, 0.4) is 0 Å². The lowest BCUT2D eigenvalue weighted by Gasteiger charge is -2.33. The van der Waals surface area contributed by atoms with Gasteiger partial charge in [-0.15, -0.1) is 0 Å². The number of rotatable bonds is 3. The number of hydrogen-bond acceptors (Lipinski definition) is 5. The largest absolute Gasteiger partial charge is 0.486 e. The molecule has 0 saturated carbocycles. The summed E-state index contributed by atoms with van der Waals surface area (Å²) in [7, 11) is 0. The first-order valence-electron chi connectivity index (χ1n) is 10.0. The Kier molecular flexibility index (Phi) is 4.30. The van der Waals surface area contributed by atoms with Crippen LogP contribution in [0.5, 0.6) is 11.5 Å². The number of fused-ring (bicyclic) bond motifs is 4. The molecule has 0 spiro atoms. The molecule has 0 bridgehead atoms. The highest BCUT2D eigenvalue weighted by Gasteiger charge is 2.36. The maximum atomic E-state index is 12.8. The topological polar surface area (TPSA) is 79.9 Å². The van der Waals surface area contributed by atoms with Gasteiger partial charge in [0, 0.05) is 12.1 Å². The number of carbonyl (C=O) groups excluding carboxylic acids is 2. The number of benzene rings is 2. The molecule has 7 heteroatoms. The van der Waals surface area contributed by atoms with Crippen LogP contribution in [0.15, 0.2) is 36.4 Å². The zero-order chi connectivity index (χ0) is 20.0. The highest BCUT2D eigenvalue weighted by Crippen LogP contribution is 2.37. The lowest BCUT2D eigenvalue weighted by molar-refractivity contribution is -0.117. The van der Waals surface area contributed by atoms with Crippen molar-refractivity contribution in [3.8, 4) is 11.5 Å². The minimum Gasteiger partial charge on any atom is -0.486 e. The van der Waals surface area contributed by atoms with Crippen LogP contribution in [0, 0.1) is 0 Å². The Morgan fingerprint density at radius 3 is 2.86 bits per heavy atom. The zero-order valence-electron chi connectivity index (χ0n) is 16.2. The predicted octanol–water partition coefficient (Wildman–Crippen LogP) is 2.87. The van der Waals surface area contributed by atoms with Gasteiger partial charge in [0.05, 0.1) is 17.4 Å². The summed E-state index contributed by atoms with van der Waals surface area (Å²) in [5.74, 6) is 1.25. The van der Waals surface area contributed by atoms with Gasteiger partial charge >= 0.3 is 0 Å². The molecule has 3 aliphatic heterocycles. The number of amides is 2. The highest BCUT2D eigenvalue weighted by molar-refractivity contribution is 6.06. The fourth-order valence-electron chi connectivity index (χ4n) is 4.26. The molecule has 2 N–H and O–H groups in total. The van der Waals surface area contributed by atoms with Crippen LogP contribution in [0.4, 0.5) is 11.4 Å². The molecule has 1 saturated heterocycles. The molecule has 1 fully saturated rings. The minimum absolute atomic E-state index is 0.0113. The van der Waals surface area contributed by atoms with Gasteiger partial charge in [-0.3, -0.25) is 9.59 Å². The van der Waals surface area contributed by atoms with E-state index in [0.717, 1.165) is 36.4 Å². The summed E-state index contributed by atoms with van der Waals surface area (Å²) in [6.07, 6.45) is 1.88. The van der Waals surface area contributed by atoms with Gasteiger partial charge in [-0.25, -0.2) is 0 Å². The summed E-state index contributed by atoms with van der Waals surface area (Å²) < 4.78 is 11.2. The van der Waals surface area contributed by atoms with Gasteiger partial charge in [-0.05, 0) is 55.7 Å². The van der Waals surface area contributed by atoms with Crippen LogP contribution in [-0.4, -0.2) is 37.6 Å². The quantitative estimate of drug-likeness (QED) is 0.838. The second-order valence-electron chi connectivity index (χ2n) is 7.67. The third kappa shape index (κ3) is 3.16. The number of hydrogen-bond donors (Lipinski definition) is 2. The molecule has 2 aromatic carbocycles. The summed E-state index contributed by atoms with van der Waals surface area (Å²) >= 11 is 0. The van der Waals surface area contributed by atoms with Gasteiger partial charge in [-0.1, -0.05) is 6.07 Å². The second-order valence-corrected chi connectivity index (χ2v) is 7.67. The molecule has 2 atom stereocenters. The Bertz CT molecular complexity index is 990. The predicted molar refractivity (Wildman–Crippen MR) is 109 cm³/mol. The molecule has 5 rings (SSSR count). The molecule has 7 nitrogen and oxygen atoms in total. The first-order chi connectivity index (χ1) is 14.1. The molecule has 29 heavy (non-hydrogen) atoms. The number of nitrogens with one attached hydrogen (secondary N) is 2. The Morgan fingerprint density at radius 1 is 1.17 bits per heavy atom. The molecule has 3 heterocycles. The van der Waals surface area contributed by atoms with Crippen LogP contribution in [-0.2, 0) is 4.79 Å². The number of carbonyl (C=O) groups is 2. The van der Waals surface area contributed by atoms with Gasteiger partial charge in [0.15, 0.2) is 11.5 Å². The van der Waals surface area contributed by atoms with E-state index in [2.05, 4.69) is 15.5 Å². The molecule has 2 aromatic rings. The van der Waals surface area contributed by atoms with E-state index in [9.17, 15) is 9.59 Å². The lowest BCUT2D eigenvalue weighted by atomic mass is 10.0. The average molecular weight is 393 g/mol. The van der Waals surface area contributed by atoms with Crippen molar-refractivity contribution in [3.63, 3.8) is 0 Å². The molecule has 2 unspecified atom stereocenters. The van der Waals surface area contributed by atoms with Crippen molar-refractivity contribution in [2.45, 2.75) is 31.8 Å². The highest BCUT2D eigenvalue weighted by atomic mass is 16.6. The fraction of sp³-hybridized carbons (Fsp3) is 0.364. The summed E-state index contributed by atoms with van der Waals surface area (Å²) in [5, 5.41) is 5.98. The molecule has 0 radical (unpaired) electrons. The molecule has 150 valence electrons.